The minimum absolute atomic E-state index is 0.0942. The van der Waals surface area contributed by atoms with E-state index in [0.717, 1.165) is 5.56 Å². The van der Waals surface area contributed by atoms with E-state index in [4.69, 9.17) is 9.47 Å². The van der Waals surface area contributed by atoms with Crippen molar-refractivity contribution in [2.75, 3.05) is 18.6 Å². The molecule has 0 radical (unpaired) electrons. The third kappa shape index (κ3) is 2.98. The number of carbonyl (C=O) groups excluding carboxylic acids is 1. The van der Waals surface area contributed by atoms with Crippen LogP contribution in [0.2, 0.25) is 0 Å². The number of nitrogens with zero attached hydrogens (tertiary/aromatic N) is 1. The lowest BCUT2D eigenvalue weighted by molar-refractivity contribution is -0.121. The quantitative estimate of drug-likeness (QED) is 0.940. The fraction of sp³-hybridized carbons (Fsp3) is 0.235. The Labute approximate surface area is 132 Å². The fourth-order valence-corrected chi connectivity index (χ4v) is 2.52. The molecular formula is C17H16FNO4. The zero-order valence-corrected chi connectivity index (χ0v) is 12.6. The molecule has 23 heavy (non-hydrogen) atoms. The van der Waals surface area contributed by atoms with Crippen LogP contribution in [-0.2, 0) is 17.9 Å². The van der Waals surface area contributed by atoms with E-state index >= 15 is 0 Å². The van der Waals surface area contributed by atoms with Crippen LogP contribution in [-0.4, -0.2) is 24.7 Å². The smallest absolute Gasteiger partial charge is 0.265 e. The molecule has 0 aromatic heterocycles. The van der Waals surface area contributed by atoms with Crippen molar-refractivity contribution in [1.82, 2.24) is 0 Å². The predicted octanol–water partition coefficient (Wildman–Crippen LogP) is 2.25. The highest BCUT2D eigenvalue weighted by Gasteiger charge is 2.29. The summed E-state index contributed by atoms with van der Waals surface area (Å²) in [4.78, 5) is 13.8. The average Bonchev–Trinajstić information content (AvgIpc) is 2.58. The summed E-state index contributed by atoms with van der Waals surface area (Å²) in [5, 5.41) is 9.39. The van der Waals surface area contributed by atoms with Gasteiger partial charge in [0.2, 0.25) is 0 Å². The molecular weight excluding hydrogens is 301 g/mol. The third-order valence-corrected chi connectivity index (χ3v) is 3.68. The zero-order valence-electron chi connectivity index (χ0n) is 12.6. The summed E-state index contributed by atoms with van der Waals surface area (Å²) in [5.41, 5.74) is 1.94. The molecule has 0 atom stereocenters. The number of aliphatic hydroxyl groups is 1. The molecule has 0 fully saturated rings. The first-order valence-corrected chi connectivity index (χ1v) is 7.11. The Bertz CT molecular complexity index is 730. The van der Waals surface area contributed by atoms with Crippen molar-refractivity contribution in [2.45, 2.75) is 13.2 Å². The van der Waals surface area contributed by atoms with Gasteiger partial charge in [0.05, 0.1) is 25.9 Å². The lowest BCUT2D eigenvalue weighted by Gasteiger charge is -2.31. The number of hydrogen-bond acceptors (Lipinski definition) is 4. The molecule has 1 aliphatic rings. The highest BCUT2D eigenvalue weighted by atomic mass is 19.1. The van der Waals surface area contributed by atoms with E-state index < -0.39 is 0 Å². The number of hydrogen-bond donors (Lipinski definition) is 1. The van der Waals surface area contributed by atoms with Crippen LogP contribution in [0.4, 0.5) is 10.1 Å². The maximum Gasteiger partial charge on any atom is 0.265 e. The molecule has 2 aromatic rings. The first-order chi connectivity index (χ1) is 11.1. The van der Waals surface area contributed by atoms with Crippen molar-refractivity contribution in [3.05, 3.63) is 53.3 Å². The second kappa shape index (κ2) is 6.26. The van der Waals surface area contributed by atoms with Crippen LogP contribution in [0.15, 0.2) is 36.4 Å². The van der Waals surface area contributed by atoms with E-state index in [1.165, 1.54) is 19.2 Å². The van der Waals surface area contributed by atoms with Gasteiger partial charge in [-0.3, -0.25) is 4.79 Å². The maximum atomic E-state index is 13.0. The average molecular weight is 317 g/mol. The number of fused-ring (bicyclic) bond motifs is 1. The van der Waals surface area contributed by atoms with E-state index in [9.17, 15) is 14.3 Å². The molecule has 1 N–H and O–H groups in total. The first kappa shape index (κ1) is 15.3. The number of methoxy groups -OCH3 is 1. The Morgan fingerprint density at radius 2 is 2.00 bits per heavy atom. The molecule has 0 unspecified atom stereocenters. The van der Waals surface area contributed by atoms with Gasteiger partial charge in [-0.2, -0.15) is 0 Å². The van der Waals surface area contributed by atoms with Gasteiger partial charge in [-0.05, 0) is 35.4 Å². The number of amides is 1. The highest BCUT2D eigenvalue weighted by molar-refractivity contribution is 5.98. The molecule has 2 aromatic carbocycles. The van der Waals surface area contributed by atoms with Crippen molar-refractivity contribution in [1.29, 1.82) is 0 Å². The van der Waals surface area contributed by atoms with Crippen LogP contribution in [0, 0.1) is 5.82 Å². The molecule has 0 spiro atoms. The molecule has 1 aliphatic heterocycles. The van der Waals surface area contributed by atoms with Gasteiger partial charge in [-0.1, -0.05) is 12.1 Å². The van der Waals surface area contributed by atoms with Crippen molar-refractivity contribution in [3.8, 4) is 11.5 Å². The molecule has 1 amide bonds. The monoisotopic (exact) mass is 317 g/mol. The van der Waals surface area contributed by atoms with Crippen molar-refractivity contribution < 1.29 is 23.8 Å². The standard InChI is InChI=1S/C17H16FNO4/c1-22-15-7-12(9-20)6-14-17(15)23-10-16(21)19(14)8-11-2-4-13(18)5-3-11/h2-7,20H,8-10H2,1H3. The molecule has 1 heterocycles. The van der Waals surface area contributed by atoms with Crippen molar-refractivity contribution in [3.63, 3.8) is 0 Å². The van der Waals surface area contributed by atoms with Gasteiger partial charge in [-0.25, -0.2) is 4.39 Å². The number of ether oxygens (including phenoxy) is 2. The van der Waals surface area contributed by atoms with E-state index in [0.29, 0.717) is 22.7 Å². The molecule has 5 nitrogen and oxygen atoms in total. The highest BCUT2D eigenvalue weighted by Crippen LogP contribution is 2.42. The fourth-order valence-electron chi connectivity index (χ4n) is 2.52. The van der Waals surface area contributed by atoms with Gasteiger partial charge in [-0.15, -0.1) is 0 Å². The normalized spacial score (nSPS) is 13.5. The number of aliphatic hydroxyl groups excluding tert-OH is 1. The molecule has 0 saturated heterocycles. The lowest BCUT2D eigenvalue weighted by Crippen LogP contribution is -2.38. The van der Waals surface area contributed by atoms with Crippen LogP contribution < -0.4 is 14.4 Å². The third-order valence-electron chi connectivity index (χ3n) is 3.68. The lowest BCUT2D eigenvalue weighted by atomic mass is 10.1. The zero-order chi connectivity index (χ0) is 16.4. The van der Waals surface area contributed by atoms with Crippen LogP contribution in [0.5, 0.6) is 11.5 Å². The van der Waals surface area contributed by atoms with Crippen LogP contribution in [0.1, 0.15) is 11.1 Å². The largest absolute Gasteiger partial charge is 0.493 e. The van der Waals surface area contributed by atoms with E-state index in [-0.39, 0.29) is 31.5 Å². The van der Waals surface area contributed by atoms with Crippen LogP contribution in [0.3, 0.4) is 0 Å². The van der Waals surface area contributed by atoms with E-state index in [1.54, 1.807) is 29.2 Å². The Kier molecular flexibility index (Phi) is 4.16. The molecule has 6 heteroatoms. The van der Waals surface area contributed by atoms with Crippen molar-refractivity contribution >= 4 is 11.6 Å². The second-order valence-corrected chi connectivity index (χ2v) is 5.20. The summed E-state index contributed by atoms with van der Waals surface area (Å²) < 4.78 is 23.8. The number of benzene rings is 2. The molecule has 120 valence electrons. The number of anilines is 1. The van der Waals surface area contributed by atoms with Crippen molar-refractivity contribution in [2.24, 2.45) is 0 Å². The summed E-state index contributed by atoms with van der Waals surface area (Å²) in [5.74, 6) is 0.389. The second-order valence-electron chi connectivity index (χ2n) is 5.20. The molecule has 3 rings (SSSR count). The Morgan fingerprint density at radius 1 is 1.26 bits per heavy atom. The topological polar surface area (TPSA) is 59.0 Å². The van der Waals surface area contributed by atoms with Crippen LogP contribution in [0.25, 0.3) is 0 Å². The van der Waals surface area contributed by atoms with Gasteiger partial charge in [0.1, 0.15) is 5.82 Å². The summed E-state index contributed by atoms with van der Waals surface area (Å²) in [6.45, 7) is 0.0127. The van der Waals surface area contributed by atoms with E-state index in [1.807, 2.05) is 0 Å². The maximum absolute atomic E-state index is 13.0. The summed E-state index contributed by atoms with van der Waals surface area (Å²) in [6, 6.07) is 9.33. The first-order valence-electron chi connectivity index (χ1n) is 7.11. The van der Waals surface area contributed by atoms with Gasteiger partial charge >= 0.3 is 0 Å². The Balaban J connectivity index is 2.01. The minimum atomic E-state index is -0.327. The van der Waals surface area contributed by atoms with E-state index in [2.05, 4.69) is 0 Å². The van der Waals surface area contributed by atoms with Crippen LogP contribution >= 0.6 is 0 Å². The minimum Gasteiger partial charge on any atom is -0.493 e. The van der Waals surface area contributed by atoms with Gasteiger partial charge < -0.3 is 19.5 Å². The van der Waals surface area contributed by atoms with Gasteiger partial charge in [0, 0.05) is 0 Å². The Hall–Kier alpha value is -2.60. The van der Waals surface area contributed by atoms with Gasteiger partial charge in [0.25, 0.3) is 5.91 Å². The summed E-state index contributed by atoms with van der Waals surface area (Å²) in [6.07, 6.45) is 0. The summed E-state index contributed by atoms with van der Waals surface area (Å²) in [7, 11) is 1.50. The SMILES string of the molecule is COc1cc(CO)cc2c1OCC(=O)N2Cc1ccc(F)cc1. The summed E-state index contributed by atoms with van der Waals surface area (Å²) >= 11 is 0. The molecule has 0 saturated carbocycles. The molecule has 0 bridgehead atoms. The number of halogens is 1. The number of rotatable bonds is 4. The Morgan fingerprint density at radius 3 is 2.65 bits per heavy atom. The van der Waals surface area contributed by atoms with Gasteiger partial charge in [0.15, 0.2) is 18.1 Å². The predicted molar refractivity (Wildman–Crippen MR) is 82.0 cm³/mol. The number of carbonyl (C=O) groups is 1. The molecule has 0 aliphatic carbocycles.